The number of aliphatic imine (C=N–C) groups is 1. The lowest BCUT2D eigenvalue weighted by Crippen LogP contribution is -2.36. The zero-order chi connectivity index (χ0) is 19.8. The molecule has 148 valence electrons. The lowest BCUT2D eigenvalue weighted by Gasteiger charge is -2.18. The van der Waals surface area contributed by atoms with Crippen LogP contribution in [-0.2, 0) is 13.1 Å². The van der Waals surface area contributed by atoms with Crippen LogP contribution in [0.3, 0.4) is 0 Å². The number of rotatable bonds is 7. The minimum atomic E-state index is 0.605. The maximum Gasteiger partial charge on any atom is 0.191 e. The molecule has 28 heavy (non-hydrogen) atoms. The van der Waals surface area contributed by atoms with Crippen LogP contribution in [0.2, 0.25) is 0 Å². The van der Waals surface area contributed by atoms with Gasteiger partial charge in [-0.1, -0.05) is 24.3 Å². The van der Waals surface area contributed by atoms with Gasteiger partial charge >= 0.3 is 0 Å². The largest absolute Gasteiger partial charge is 0.497 e. The monoisotopic (exact) mass is 380 g/mol. The Balaban J connectivity index is 1.52. The van der Waals surface area contributed by atoms with Gasteiger partial charge in [0.2, 0.25) is 0 Å². The fraction of sp³-hybridized carbons (Fsp3) is 0.318. The molecule has 1 heterocycles. The molecule has 0 saturated carbocycles. The van der Waals surface area contributed by atoms with E-state index in [9.17, 15) is 0 Å². The summed E-state index contributed by atoms with van der Waals surface area (Å²) in [5.41, 5.74) is 3.50. The van der Waals surface area contributed by atoms with Gasteiger partial charge in [0, 0.05) is 50.5 Å². The van der Waals surface area contributed by atoms with E-state index in [0.29, 0.717) is 13.1 Å². The molecule has 6 nitrogen and oxygen atoms in total. The first-order valence-electron chi connectivity index (χ1n) is 9.38. The third kappa shape index (κ3) is 4.97. The van der Waals surface area contributed by atoms with Crippen LogP contribution in [0.25, 0.3) is 0 Å². The summed E-state index contributed by atoms with van der Waals surface area (Å²) in [6, 6.07) is 14.4. The topological polar surface area (TPSA) is 58.1 Å². The number of benzene rings is 2. The zero-order valence-electron chi connectivity index (χ0n) is 16.7. The van der Waals surface area contributed by atoms with Gasteiger partial charge < -0.3 is 25.0 Å². The number of anilines is 1. The van der Waals surface area contributed by atoms with Crippen LogP contribution in [-0.4, -0.2) is 40.3 Å². The lowest BCUT2D eigenvalue weighted by molar-refractivity contribution is 0.390. The second kappa shape index (κ2) is 9.69. The Labute approximate surface area is 166 Å². The number of nitrogens with one attached hydrogen (secondary N) is 2. The first-order chi connectivity index (χ1) is 13.7. The Morgan fingerprint density at radius 3 is 2.32 bits per heavy atom. The zero-order valence-corrected chi connectivity index (χ0v) is 16.7. The molecule has 0 spiro atoms. The van der Waals surface area contributed by atoms with E-state index in [1.165, 1.54) is 11.3 Å². The molecule has 2 aromatic rings. The number of nitrogens with zero attached hydrogens (tertiary/aromatic N) is 2. The summed E-state index contributed by atoms with van der Waals surface area (Å²) in [7, 11) is 5.07. The van der Waals surface area contributed by atoms with Crippen molar-refractivity contribution >= 4 is 11.6 Å². The molecule has 0 radical (unpaired) electrons. The van der Waals surface area contributed by atoms with Gasteiger partial charge in [-0.15, -0.1) is 0 Å². The Bertz CT molecular complexity index is 823. The smallest absolute Gasteiger partial charge is 0.191 e. The van der Waals surface area contributed by atoms with Crippen molar-refractivity contribution in [3.8, 4) is 11.5 Å². The van der Waals surface area contributed by atoms with Crippen molar-refractivity contribution in [2.75, 3.05) is 39.3 Å². The highest BCUT2D eigenvalue weighted by Gasteiger charge is 2.08. The molecule has 0 fully saturated rings. The Morgan fingerprint density at radius 1 is 0.964 bits per heavy atom. The first-order valence-corrected chi connectivity index (χ1v) is 9.38. The summed E-state index contributed by atoms with van der Waals surface area (Å²) in [5, 5.41) is 6.68. The molecule has 0 atom stereocenters. The third-order valence-corrected chi connectivity index (χ3v) is 4.74. The molecule has 0 bridgehead atoms. The van der Waals surface area contributed by atoms with Crippen molar-refractivity contribution in [3.05, 3.63) is 65.7 Å². The molecule has 2 N–H and O–H groups in total. The predicted molar refractivity (Wildman–Crippen MR) is 114 cm³/mol. The van der Waals surface area contributed by atoms with E-state index in [-0.39, 0.29) is 0 Å². The van der Waals surface area contributed by atoms with Gasteiger partial charge in [0.25, 0.3) is 0 Å². The van der Waals surface area contributed by atoms with Crippen molar-refractivity contribution in [2.24, 2.45) is 4.99 Å². The van der Waals surface area contributed by atoms with Crippen LogP contribution in [0, 0.1) is 0 Å². The number of hydrogen-bond acceptors (Lipinski definition) is 4. The summed E-state index contributed by atoms with van der Waals surface area (Å²) in [6.45, 7) is 3.29. The van der Waals surface area contributed by atoms with E-state index in [2.05, 4.69) is 56.9 Å². The van der Waals surface area contributed by atoms with Gasteiger partial charge in [-0.2, -0.15) is 0 Å². The van der Waals surface area contributed by atoms with Crippen LogP contribution in [0.4, 0.5) is 5.69 Å². The number of guanidine groups is 1. The van der Waals surface area contributed by atoms with Crippen molar-refractivity contribution in [1.82, 2.24) is 10.6 Å². The number of methoxy groups -OCH3 is 2. The van der Waals surface area contributed by atoms with Crippen molar-refractivity contribution in [3.63, 3.8) is 0 Å². The van der Waals surface area contributed by atoms with Crippen molar-refractivity contribution in [2.45, 2.75) is 13.1 Å². The Hall–Kier alpha value is -3.15. The van der Waals surface area contributed by atoms with E-state index in [1.807, 2.05) is 18.2 Å². The van der Waals surface area contributed by atoms with Gasteiger partial charge in [-0.05, 0) is 29.8 Å². The van der Waals surface area contributed by atoms with Gasteiger partial charge in [-0.25, -0.2) is 0 Å². The molecule has 0 aliphatic carbocycles. The third-order valence-electron chi connectivity index (χ3n) is 4.74. The van der Waals surface area contributed by atoms with Gasteiger partial charge in [0.15, 0.2) is 5.96 Å². The van der Waals surface area contributed by atoms with Crippen LogP contribution in [0.15, 0.2) is 59.6 Å². The lowest BCUT2D eigenvalue weighted by atomic mass is 10.2. The molecule has 0 aromatic heterocycles. The molecule has 1 aliphatic heterocycles. The quantitative estimate of drug-likeness (QED) is 0.439. The average molecular weight is 380 g/mol. The average Bonchev–Trinajstić information content (AvgIpc) is 3.29. The fourth-order valence-corrected chi connectivity index (χ4v) is 3.10. The molecule has 2 aromatic carbocycles. The highest BCUT2D eigenvalue weighted by atomic mass is 16.5. The second-order valence-electron chi connectivity index (χ2n) is 6.50. The highest BCUT2D eigenvalue weighted by molar-refractivity contribution is 5.79. The summed E-state index contributed by atoms with van der Waals surface area (Å²) in [6.07, 6.45) is 4.39. The molecule has 0 unspecified atom stereocenters. The second-order valence-corrected chi connectivity index (χ2v) is 6.50. The minimum Gasteiger partial charge on any atom is -0.497 e. The SMILES string of the molecule is CN=C(NCc1ccc(N2CC=CC2)cc1)NCc1ccc(OC)cc1OC. The van der Waals surface area contributed by atoms with Crippen LogP contribution < -0.4 is 25.0 Å². The van der Waals surface area contributed by atoms with E-state index in [1.54, 1.807) is 21.3 Å². The molecule has 0 amide bonds. The van der Waals surface area contributed by atoms with E-state index < -0.39 is 0 Å². The van der Waals surface area contributed by atoms with Crippen LogP contribution in [0.1, 0.15) is 11.1 Å². The summed E-state index contributed by atoms with van der Waals surface area (Å²) >= 11 is 0. The van der Waals surface area contributed by atoms with E-state index >= 15 is 0 Å². The molecular weight excluding hydrogens is 352 g/mol. The molecular formula is C22H28N4O2. The summed E-state index contributed by atoms with van der Waals surface area (Å²) in [4.78, 5) is 6.63. The molecule has 3 rings (SSSR count). The van der Waals surface area contributed by atoms with Crippen LogP contribution in [0.5, 0.6) is 11.5 Å². The van der Waals surface area contributed by atoms with Gasteiger partial charge in [0.05, 0.1) is 14.2 Å². The van der Waals surface area contributed by atoms with Crippen LogP contribution >= 0.6 is 0 Å². The summed E-state index contributed by atoms with van der Waals surface area (Å²) < 4.78 is 10.7. The predicted octanol–water partition coefficient (Wildman–Crippen LogP) is 2.95. The van der Waals surface area contributed by atoms with Crippen molar-refractivity contribution < 1.29 is 9.47 Å². The van der Waals surface area contributed by atoms with Crippen molar-refractivity contribution in [1.29, 1.82) is 0 Å². The van der Waals surface area contributed by atoms with E-state index in [4.69, 9.17) is 9.47 Å². The maximum absolute atomic E-state index is 5.45. The van der Waals surface area contributed by atoms with E-state index in [0.717, 1.165) is 36.1 Å². The standard InChI is InChI=1S/C22H28N4O2/c1-23-22(25-16-18-8-11-20(27-2)14-21(18)28-3)24-15-17-6-9-19(10-7-17)26-12-4-5-13-26/h4-11,14H,12-13,15-16H2,1-3H3,(H2,23,24,25). The Morgan fingerprint density at radius 2 is 1.68 bits per heavy atom. The Kier molecular flexibility index (Phi) is 6.78. The molecule has 1 aliphatic rings. The number of ether oxygens (including phenoxy) is 2. The minimum absolute atomic E-state index is 0.605. The summed E-state index contributed by atoms with van der Waals surface area (Å²) in [5.74, 6) is 2.30. The van der Waals surface area contributed by atoms with Gasteiger partial charge in [0.1, 0.15) is 11.5 Å². The maximum atomic E-state index is 5.45. The highest BCUT2D eigenvalue weighted by Crippen LogP contribution is 2.24. The van der Waals surface area contributed by atoms with Gasteiger partial charge in [-0.3, -0.25) is 4.99 Å². The fourth-order valence-electron chi connectivity index (χ4n) is 3.10. The number of hydrogen-bond donors (Lipinski definition) is 2. The first kappa shape index (κ1) is 19.6. The molecule has 6 heteroatoms. The molecule has 0 saturated heterocycles. The normalized spacial score (nSPS) is 13.5.